The topological polar surface area (TPSA) is 58.2 Å². The van der Waals surface area contributed by atoms with Crippen molar-refractivity contribution in [1.29, 1.82) is 0 Å². The van der Waals surface area contributed by atoms with Crippen molar-refractivity contribution >= 4 is 33.2 Å². The largest absolute Gasteiger partial charge is 0.315 e. The van der Waals surface area contributed by atoms with E-state index in [4.69, 9.17) is 23.2 Å². The van der Waals surface area contributed by atoms with E-state index in [0.29, 0.717) is 6.54 Å². The Morgan fingerprint density at radius 2 is 1.95 bits per heavy atom. The number of hydrogen-bond acceptors (Lipinski definition) is 3. The maximum Gasteiger partial charge on any atom is 0.243 e. The Kier molecular flexibility index (Phi) is 4.74. The molecule has 1 fully saturated rings. The van der Waals surface area contributed by atoms with Gasteiger partial charge in [0.1, 0.15) is 4.90 Å². The van der Waals surface area contributed by atoms with E-state index >= 15 is 0 Å². The average molecular weight is 323 g/mol. The number of piperidine rings is 1. The minimum atomic E-state index is -3.71. The molecule has 2 N–H and O–H groups in total. The fraction of sp³-hybridized carbons (Fsp3) is 0.500. The number of benzene rings is 1. The Balaban J connectivity index is 2.27. The summed E-state index contributed by atoms with van der Waals surface area (Å²) in [5, 5.41) is 3.45. The molecule has 1 aliphatic heterocycles. The van der Waals surface area contributed by atoms with E-state index in [9.17, 15) is 8.42 Å². The minimum Gasteiger partial charge on any atom is -0.315 e. The van der Waals surface area contributed by atoms with Crippen molar-refractivity contribution in [3.8, 4) is 0 Å². The molecule has 7 heteroatoms. The number of rotatable bonds is 3. The van der Waals surface area contributed by atoms with Gasteiger partial charge in [0.05, 0.1) is 10.0 Å². The van der Waals surface area contributed by atoms with Crippen LogP contribution < -0.4 is 10.0 Å². The van der Waals surface area contributed by atoms with Crippen LogP contribution in [0.5, 0.6) is 0 Å². The molecule has 1 aromatic rings. The summed E-state index contributed by atoms with van der Waals surface area (Å²) < 4.78 is 27.4. The molecular weight excluding hydrogens is 307 g/mol. The second-order valence-electron chi connectivity index (χ2n) is 4.75. The lowest BCUT2D eigenvalue weighted by Crippen LogP contribution is -2.50. The van der Waals surface area contributed by atoms with Gasteiger partial charge in [0.15, 0.2) is 0 Å². The lowest BCUT2D eigenvalue weighted by atomic mass is 9.96. The van der Waals surface area contributed by atoms with Gasteiger partial charge in [-0.2, -0.15) is 0 Å². The zero-order valence-corrected chi connectivity index (χ0v) is 12.8. The SMILES string of the molecule is CC1CCNCC1NS(=O)(=O)c1c(Cl)cccc1Cl. The van der Waals surface area contributed by atoms with Crippen LogP contribution >= 0.6 is 23.2 Å². The number of hydrogen-bond donors (Lipinski definition) is 2. The fourth-order valence-corrected chi connectivity index (χ4v) is 4.63. The molecule has 106 valence electrons. The van der Waals surface area contributed by atoms with Crippen molar-refractivity contribution in [1.82, 2.24) is 10.0 Å². The van der Waals surface area contributed by atoms with Gasteiger partial charge in [0.25, 0.3) is 0 Å². The van der Waals surface area contributed by atoms with Crippen LogP contribution in [0, 0.1) is 5.92 Å². The summed E-state index contributed by atoms with van der Waals surface area (Å²) in [6, 6.07) is 4.51. The Morgan fingerprint density at radius 3 is 2.53 bits per heavy atom. The van der Waals surface area contributed by atoms with Crippen LogP contribution in [0.3, 0.4) is 0 Å². The molecule has 1 saturated heterocycles. The normalized spacial score (nSPS) is 24.4. The third kappa shape index (κ3) is 3.41. The van der Waals surface area contributed by atoms with Crippen molar-refractivity contribution in [3.05, 3.63) is 28.2 Å². The van der Waals surface area contributed by atoms with Gasteiger partial charge in [-0.15, -0.1) is 0 Å². The summed E-state index contributed by atoms with van der Waals surface area (Å²) in [4.78, 5) is -0.0453. The van der Waals surface area contributed by atoms with E-state index in [-0.39, 0.29) is 26.9 Å². The lowest BCUT2D eigenvalue weighted by molar-refractivity contribution is 0.327. The van der Waals surface area contributed by atoms with Gasteiger partial charge in [0.2, 0.25) is 10.0 Å². The zero-order valence-electron chi connectivity index (χ0n) is 10.5. The van der Waals surface area contributed by atoms with Gasteiger partial charge in [-0.3, -0.25) is 0 Å². The minimum absolute atomic E-state index is 0.0453. The van der Waals surface area contributed by atoms with E-state index < -0.39 is 10.0 Å². The number of sulfonamides is 1. The summed E-state index contributed by atoms with van der Waals surface area (Å²) in [5.41, 5.74) is 0. The van der Waals surface area contributed by atoms with Crippen LogP contribution in [0.1, 0.15) is 13.3 Å². The molecule has 0 amide bonds. The molecule has 1 heterocycles. The second-order valence-corrected chi connectivity index (χ2v) is 7.21. The van der Waals surface area contributed by atoms with E-state index in [0.717, 1.165) is 13.0 Å². The average Bonchev–Trinajstić information content (AvgIpc) is 2.31. The first-order valence-corrected chi connectivity index (χ1v) is 8.33. The summed E-state index contributed by atoms with van der Waals surface area (Å²) in [6.07, 6.45) is 0.934. The zero-order chi connectivity index (χ0) is 14.0. The predicted molar refractivity (Wildman–Crippen MR) is 77.2 cm³/mol. The Hall–Kier alpha value is -0.330. The highest BCUT2D eigenvalue weighted by Crippen LogP contribution is 2.29. The standard InChI is InChI=1S/C12H16Cl2N2O2S/c1-8-5-6-15-7-11(8)16-19(17,18)12-9(13)3-2-4-10(12)14/h2-4,8,11,15-16H,5-7H2,1H3. The van der Waals surface area contributed by atoms with E-state index in [1.807, 2.05) is 6.92 Å². The molecule has 1 aliphatic rings. The van der Waals surface area contributed by atoms with Crippen LogP contribution in [0.15, 0.2) is 23.1 Å². The molecule has 0 saturated carbocycles. The Bertz CT molecular complexity index is 543. The molecule has 19 heavy (non-hydrogen) atoms. The highest BCUT2D eigenvalue weighted by atomic mass is 35.5. The van der Waals surface area contributed by atoms with E-state index in [2.05, 4.69) is 10.0 Å². The first-order valence-electron chi connectivity index (χ1n) is 6.09. The maximum atomic E-state index is 12.4. The monoisotopic (exact) mass is 322 g/mol. The van der Waals surface area contributed by atoms with E-state index in [1.54, 1.807) is 6.07 Å². The molecule has 1 aromatic carbocycles. The van der Waals surface area contributed by atoms with E-state index in [1.165, 1.54) is 12.1 Å². The van der Waals surface area contributed by atoms with Crippen LogP contribution in [-0.2, 0) is 10.0 Å². The lowest BCUT2D eigenvalue weighted by Gasteiger charge is -2.30. The highest BCUT2D eigenvalue weighted by molar-refractivity contribution is 7.89. The molecule has 2 rings (SSSR count). The van der Waals surface area contributed by atoms with Gasteiger partial charge in [-0.25, -0.2) is 13.1 Å². The van der Waals surface area contributed by atoms with Crippen molar-refractivity contribution in [2.75, 3.05) is 13.1 Å². The van der Waals surface area contributed by atoms with Crippen molar-refractivity contribution in [2.45, 2.75) is 24.3 Å². The smallest absolute Gasteiger partial charge is 0.243 e. The first kappa shape index (κ1) is 15.1. The van der Waals surface area contributed by atoms with Crippen LogP contribution in [0.25, 0.3) is 0 Å². The first-order chi connectivity index (χ1) is 8.92. The van der Waals surface area contributed by atoms with Gasteiger partial charge in [-0.1, -0.05) is 36.2 Å². The summed E-state index contributed by atoms with van der Waals surface area (Å²) in [7, 11) is -3.71. The summed E-state index contributed by atoms with van der Waals surface area (Å²) in [6.45, 7) is 3.55. The van der Waals surface area contributed by atoms with Crippen LogP contribution in [0.4, 0.5) is 0 Å². The molecule has 0 radical (unpaired) electrons. The van der Waals surface area contributed by atoms with Gasteiger partial charge in [0, 0.05) is 12.6 Å². The molecule has 0 bridgehead atoms. The quantitative estimate of drug-likeness (QED) is 0.897. The fourth-order valence-electron chi connectivity index (χ4n) is 2.14. The molecule has 2 unspecified atom stereocenters. The van der Waals surface area contributed by atoms with Crippen molar-refractivity contribution in [2.24, 2.45) is 5.92 Å². The predicted octanol–water partition coefficient (Wildman–Crippen LogP) is 2.27. The number of halogens is 2. The molecule has 0 aromatic heterocycles. The van der Waals surface area contributed by atoms with Crippen LogP contribution in [0.2, 0.25) is 10.0 Å². The Morgan fingerprint density at radius 1 is 1.32 bits per heavy atom. The molecule has 0 spiro atoms. The van der Waals surface area contributed by atoms with Gasteiger partial charge in [-0.05, 0) is 31.0 Å². The third-order valence-electron chi connectivity index (χ3n) is 3.32. The van der Waals surface area contributed by atoms with Gasteiger partial charge >= 0.3 is 0 Å². The molecule has 4 nitrogen and oxygen atoms in total. The summed E-state index contributed by atoms with van der Waals surface area (Å²) in [5.74, 6) is 0.275. The Labute approximate surface area is 123 Å². The van der Waals surface area contributed by atoms with Crippen LogP contribution in [-0.4, -0.2) is 27.5 Å². The van der Waals surface area contributed by atoms with Gasteiger partial charge < -0.3 is 5.32 Å². The molecular formula is C12H16Cl2N2O2S. The highest BCUT2D eigenvalue weighted by Gasteiger charge is 2.29. The van der Waals surface area contributed by atoms with Crippen molar-refractivity contribution < 1.29 is 8.42 Å². The second kappa shape index (κ2) is 5.97. The molecule has 2 atom stereocenters. The van der Waals surface area contributed by atoms with Crippen molar-refractivity contribution in [3.63, 3.8) is 0 Å². The molecule has 0 aliphatic carbocycles. The number of nitrogens with one attached hydrogen (secondary N) is 2. The third-order valence-corrected chi connectivity index (χ3v) is 5.77. The maximum absolute atomic E-state index is 12.4. The summed E-state index contributed by atoms with van der Waals surface area (Å²) >= 11 is 11.9.